The molecule has 0 spiro atoms. The van der Waals surface area contributed by atoms with E-state index in [4.69, 9.17) is 1.37 Å². The van der Waals surface area contributed by atoms with Gasteiger partial charge in [0.2, 0.25) is 0 Å². The first kappa shape index (κ1) is 9.50. The van der Waals surface area contributed by atoms with E-state index < -0.39 is 6.26 Å². The summed E-state index contributed by atoms with van der Waals surface area (Å²) >= 11 is 0. The van der Waals surface area contributed by atoms with Gasteiger partial charge in [0.05, 0.1) is 0 Å². The van der Waals surface area contributed by atoms with Crippen molar-refractivity contribution in [1.29, 1.82) is 0 Å². The molecule has 0 aliphatic rings. The third-order valence-electron chi connectivity index (χ3n) is 1.88. The molecule has 70 valence electrons. The molecule has 0 radical (unpaired) electrons. The molecule has 0 saturated heterocycles. The molecule has 0 amide bonds. The van der Waals surface area contributed by atoms with Crippen LogP contribution in [-0.4, -0.2) is 6.26 Å². The van der Waals surface area contributed by atoms with Gasteiger partial charge in [-0.1, -0.05) is 39.2 Å². The van der Waals surface area contributed by atoms with E-state index in [1.165, 1.54) is 0 Å². The van der Waals surface area contributed by atoms with E-state index in [0.717, 1.165) is 38.5 Å². The summed E-state index contributed by atoms with van der Waals surface area (Å²) in [4.78, 5) is 10.8. The second-order valence-corrected chi connectivity index (χ2v) is 3.08. The van der Waals surface area contributed by atoms with Gasteiger partial charge in [0.1, 0.15) is 7.63 Å². The Morgan fingerprint density at radius 3 is 2.50 bits per heavy atom. The largest absolute Gasteiger partial charge is 0.298 e. The Labute approximate surface area is 77.3 Å². The fourth-order valence-corrected chi connectivity index (χ4v) is 1.04. The highest BCUT2D eigenvalue weighted by Gasteiger charge is 1.93. The topological polar surface area (TPSA) is 17.1 Å². The standard InChI is InChI=1S/C11H20O/c1-3-5-7-9-11(10-12)8-6-4-2/h9-10H,3-8H2,1-2H3/b11-9+/i10D. The number of carbonyl (C=O) groups excluding carboxylic acids is 1. The van der Waals surface area contributed by atoms with Crippen molar-refractivity contribution in [1.82, 2.24) is 0 Å². The van der Waals surface area contributed by atoms with Gasteiger partial charge in [-0.05, 0) is 24.8 Å². The van der Waals surface area contributed by atoms with E-state index in [9.17, 15) is 4.79 Å². The summed E-state index contributed by atoms with van der Waals surface area (Å²) in [5.41, 5.74) is 0.704. The van der Waals surface area contributed by atoms with E-state index in [1.807, 2.05) is 6.08 Å². The van der Waals surface area contributed by atoms with Crippen molar-refractivity contribution in [2.45, 2.75) is 52.4 Å². The van der Waals surface area contributed by atoms with Crippen LogP contribution in [0, 0.1) is 0 Å². The molecule has 0 saturated carbocycles. The summed E-state index contributed by atoms with van der Waals surface area (Å²) in [6.07, 6.45) is 7.52. The number of carbonyl (C=O) groups is 1. The smallest absolute Gasteiger partial charge is 0.145 e. The maximum absolute atomic E-state index is 10.8. The summed E-state index contributed by atoms with van der Waals surface area (Å²) in [7, 11) is 0. The summed E-state index contributed by atoms with van der Waals surface area (Å²) in [6.45, 7) is 4.22. The van der Waals surface area contributed by atoms with Gasteiger partial charge >= 0.3 is 0 Å². The van der Waals surface area contributed by atoms with E-state index in [0.29, 0.717) is 5.57 Å². The van der Waals surface area contributed by atoms with Crippen LogP contribution in [0.25, 0.3) is 0 Å². The van der Waals surface area contributed by atoms with Crippen LogP contribution in [0.15, 0.2) is 11.6 Å². The van der Waals surface area contributed by atoms with Gasteiger partial charge in [0, 0.05) is 0 Å². The van der Waals surface area contributed by atoms with Crippen molar-refractivity contribution < 1.29 is 6.17 Å². The highest BCUT2D eigenvalue weighted by Crippen LogP contribution is 2.07. The molecule has 1 nitrogen and oxygen atoms in total. The molecule has 0 rings (SSSR count). The normalized spacial score (nSPS) is 12.8. The van der Waals surface area contributed by atoms with Gasteiger partial charge in [-0.3, -0.25) is 4.79 Å². The van der Waals surface area contributed by atoms with Crippen LogP contribution in [0.3, 0.4) is 0 Å². The van der Waals surface area contributed by atoms with Crippen molar-refractivity contribution in [3.63, 3.8) is 0 Å². The number of hydrogen-bond acceptors (Lipinski definition) is 1. The Morgan fingerprint density at radius 2 is 2.00 bits per heavy atom. The van der Waals surface area contributed by atoms with Crippen LogP contribution in [0.1, 0.15) is 53.7 Å². The molecule has 0 fully saturated rings. The molecule has 0 atom stereocenters. The van der Waals surface area contributed by atoms with E-state index in [2.05, 4.69) is 13.8 Å². The van der Waals surface area contributed by atoms with Crippen LogP contribution in [-0.2, 0) is 4.79 Å². The van der Waals surface area contributed by atoms with Gasteiger partial charge < -0.3 is 0 Å². The van der Waals surface area contributed by atoms with Crippen molar-refractivity contribution in [3.05, 3.63) is 11.6 Å². The molecule has 12 heavy (non-hydrogen) atoms. The fraction of sp³-hybridized carbons (Fsp3) is 0.727. The average molecular weight is 169 g/mol. The quantitative estimate of drug-likeness (QED) is 0.324. The van der Waals surface area contributed by atoms with Crippen molar-refractivity contribution in [2.24, 2.45) is 0 Å². The predicted octanol–water partition coefficient (Wildman–Crippen LogP) is 3.49. The van der Waals surface area contributed by atoms with E-state index >= 15 is 0 Å². The zero-order valence-electron chi connectivity index (χ0n) is 9.23. The van der Waals surface area contributed by atoms with Crippen LogP contribution >= 0.6 is 0 Å². The zero-order valence-corrected chi connectivity index (χ0v) is 8.23. The van der Waals surface area contributed by atoms with Gasteiger partial charge in [0.25, 0.3) is 0 Å². The fourth-order valence-electron chi connectivity index (χ4n) is 1.04. The predicted molar refractivity (Wildman–Crippen MR) is 53.2 cm³/mol. The van der Waals surface area contributed by atoms with Gasteiger partial charge in [-0.25, -0.2) is 0 Å². The Hall–Kier alpha value is -0.590. The highest BCUT2D eigenvalue weighted by atomic mass is 16.1. The minimum Gasteiger partial charge on any atom is -0.298 e. The van der Waals surface area contributed by atoms with Gasteiger partial charge in [0.15, 0.2) is 0 Å². The first-order valence-corrected chi connectivity index (χ1v) is 4.92. The number of hydrogen-bond donors (Lipinski definition) is 0. The lowest BCUT2D eigenvalue weighted by Gasteiger charge is -1.97. The lowest BCUT2D eigenvalue weighted by molar-refractivity contribution is -0.105. The van der Waals surface area contributed by atoms with E-state index in [1.54, 1.807) is 0 Å². The molecule has 0 aromatic rings. The molecule has 1 heteroatoms. The average Bonchev–Trinajstić information content (AvgIpc) is 2.10. The van der Waals surface area contributed by atoms with Crippen LogP contribution < -0.4 is 0 Å². The SMILES string of the molecule is [2H]C(=O)/C(=C/CCCC)CCCC. The Balaban J connectivity index is 3.92. The monoisotopic (exact) mass is 169 g/mol. The molecule has 0 aromatic carbocycles. The summed E-state index contributed by atoms with van der Waals surface area (Å²) in [6, 6.07) is 0. The molecule has 0 N–H and O–H groups in total. The van der Waals surface area contributed by atoms with Crippen molar-refractivity contribution in [3.8, 4) is 0 Å². The first-order chi connectivity index (χ1) is 6.22. The molecule has 0 aliphatic carbocycles. The molecular formula is C11H20O. The zero-order chi connectivity index (χ0) is 10.1. The number of rotatable bonds is 7. The Kier molecular flexibility index (Phi) is 6.73. The molecule has 0 aliphatic heterocycles. The number of unbranched alkanes of at least 4 members (excludes halogenated alkanes) is 3. The summed E-state index contributed by atoms with van der Waals surface area (Å²) in [5.74, 6) is 0. The minimum atomic E-state index is -0.496. The Morgan fingerprint density at radius 1 is 1.33 bits per heavy atom. The molecule has 0 bridgehead atoms. The summed E-state index contributed by atoms with van der Waals surface area (Å²) in [5, 5.41) is 0. The van der Waals surface area contributed by atoms with Crippen LogP contribution in [0.2, 0.25) is 0 Å². The third-order valence-corrected chi connectivity index (χ3v) is 1.88. The maximum Gasteiger partial charge on any atom is 0.145 e. The molecule has 0 unspecified atom stereocenters. The van der Waals surface area contributed by atoms with E-state index in [-0.39, 0.29) is 0 Å². The second kappa shape index (κ2) is 8.51. The first-order valence-electron chi connectivity index (χ1n) is 5.42. The maximum atomic E-state index is 10.8. The van der Waals surface area contributed by atoms with Gasteiger partial charge in [-0.15, -0.1) is 0 Å². The molecular weight excluding hydrogens is 148 g/mol. The lowest BCUT2D eigenvalue weighted by Crippen LogP contribution is -1.85. The van der Waals surface area contributed by atoms with Gasteiger partial charge in [-0.2, -0.15) is 0 Å². The van der Waals surface area contributed by atoms with Crippen molar-refractivity contribution >= 4 is 6.26 Å². The highest BCUT2D eigenvalue weighted by molar-refractivity contribution is 5.72. The summed E-state index contributed by atoms with van der Waals surface area (Å²) < 4.78 is 7.04. The van der Waals surface area contributed by atoms with Crippen LogP contribution in [0.5, 0.6) is 0 Å². The number of allylic oxidation sites excluding steroid dienone is 2. The van der Waals surface area contributed by atoms with Crippen LogP contribution in [0.4, 0.5) is 0 Å². The Bertz CT molecular complexity index is 173. The molecule has 0 heterocycles. The second-order valence-electron chi connectivity index (χ2n) is 3.08. The lowest BCUT2D eigenvalue weighted by atomic mass is 10.1. The minimum absolute atomic E-state index is 0.496. The van der Waals surface area contributed by atoms with Crippen molar-refractivity contribution in [2.75, 3.05) is 0 Å². The number of aldehydes is 1. The third kappa shape index (κ3) is 6.14. The molecule has 0 aromatic heterocycles.